The Morgan fingerprint density at radius 2 is 0.500 bits per heavy atom. The van der Waals surface area contributed by atoms with Gasteiger partial charge >= 0.3 is 39.1 Å². The molecule has 0 unspecified atom stereocenters. The van der Waals surface area contributed by atoms with Gasteiger partial charge in [0.05, 0.1) is 0 Å². The molecule has 12 heavy (non-hydrogen) atoms. The third-order valence-corrected chi connectivity index (χ3v) is 0. The summed E-state index contributed by atoms with van der Waals surface area (Å²) in [5, 5.41) is 0. The van der Waals surface area contributed by atoms with E-state index in [1.165, 1.54) is 0 Å². The molecule has 0 saturated carbocycles. The predicted molar refractivity (Wildman–Crippen MR) is 38.8 cm³/mol. The molecule has 0 fully saturated rings. The summed E-state index contributed by atoms with van der Waals surface area (Å²) in [5.41, 5.74) is 0. The van der Waals surface area contributed by atoms with Gasteiger partial charge in [-0.1, -0.05) is 0 Å². The van der Waals surface area contributed by atoms with Crippen LogP contribution in [0.3, 0.4) is 0 Å². The molecule has 6 heteroatoms. The van der Waals surface area contributed by atoms with Crippen molar-refractivity contribution in [3.8, 4) is 0 Å². The van der Waals surface area contributed by atoms with Crippen LogP contribution in [-0.2, 0) is 21.7 Å². The zero-order valence-electron chi connectivity index (χ0n) is 7.71. The van der Waals surface area contributed by atoms with Crippen molar-refractivity contribution >= 4 is 17.4 Å². The Bertz CT molecular complexity index is 19.5. The van der Waals surface area contributed by atoms with E-state index in [1.54, 1.807) is 20.8 Å². The van der Waals surface area contributed by atoms with Crippen LogP contribution in [-0.4, -0.2) is 17.4 Å². The zero-order chi connectivity index (χ0) is 6.00. The van der Waals surface area contributed by atoms with E-state index >= 15 is 0 Å². The largest absolute Gasteiger partial charge is 4.00 e. The molecule has 0 aliphatic carbocycles. The van der Waals surface area contributed by atoms with Crippen molar-refractivity contribution in [3.05, 3.63) is 20.8 Å². The van der Waals surface area contributed by atoms with E-state index in [-0.39, 0.29) is 88.7 Å². The van der Waals surface area contributed by atoms with Gasteiger partial charge in [0.25, 0.3) is 0 Å². The first-order valence-corrected chi connectivity index (χ1v) is 2.12. The van der Waals surface area contributed by atoms with E-state index in [0.717, 1.165) is 0 Å². The number of halogens is 4. The van der Waals surface area contributed by atoms with E-state index in [0.29, 0.717) is 0 Å². The predicted octanol–water partition coefficient (Wildman–Crippen LogP) is -9.85. The van der Waals surface area contributed by atoms with Gasteiger partial charge in [0.2, 0.25) is 0 Å². The van der Waals surface area contributed by atoms with Crippen LogP contribution >= 0.6 is 0 Å². The SMILES string of the molecule is [Al+3].[CH2-]C.[CH2-]C.[CH2-]C.[Cl-].[Cl-].[Cl-].[Cl-].[Ti+4]. The Morgan fingerprint density at radius 1 is 0.500 bits per heavy atom. The Hall–Kier alpha value is 2.41. The second kappa shape index (κ2) is 356. The Morgan fingerprint density at radius 3 is 0.500 bits per heavy atom. The molecule has 0 amide bonds. The first-order valence-electron chi connectivity index (χ1n) is 2.12. The molecule has 0 heterocycles. The molecule has 0 atom stereocenters. The quantitative estimate of drug-likeness (QED) is 0.308. The van der Waals surface area contributed by atoms with Crippen molar-refractivity contribution in [2.45, 2.75) is 20.8 Å². The number of rotatable bonds is 0. The van der Waals surface area contributed by atoms with E-state index in [4.69, 9.17) is 0 Å². The molecule has 0 nitrogen and oxygen atoms in total. The first kappa shape index (κ1) is 88.6. The normalized spacial score (nSPS) is 1.50. The van der Waals surface area contributed by atoms with Crippen LogP contribution in [0.5, 0.6) is 0 Å². The molecule has 0 saturated heterocycles. The first-order chi connectivity index (χ1) is 3.00. The molecule has 74 valence electrons. The van der Waals surface area contributed by atoms with Crippen molar-refractivity contribution in [1.82, 2.24) is 0 Å². The fraction of sp³-hybridized carbons (Fsp3) is 0.500. The average Bonchev–Trinajstić information content (AvgIpc) is 1.81. The molecular weight excluding hydrogens is 289 g/mol. The molecule has 0 bridgehead atoms. The molecule has 0 N–H and O–H groups in total. The fourth-order valence-electron chi connectivity index (χ4n) is 0. The monoisotopic (exact) mass is 302 g/mol. The van der Waals surface area contributed by atoms with Crippen molar-refractivity contribution < 1.29 is 71.3 Å². The molecule has 0 rings (SSSR count). The summed E-state index contributed by atoms with van der Waals surface area (Å²) in [4.78, 5) is 0. The summed E-state index contributed by atoms with van der Waals surface area (Å²) in [6, 6.07) is 0. The van der Waals surface area contributed by atoms with E-state index in [1.807, 2.05) is 0 Å². The van der Waals surface area contributed by atoms with Gasteiger partial charge in [0.15, 0.2) is 0 Å². The second-order valence-electron chi connectivity index (χ2n) is 0. The molecule has 0 aliphatic rings. The summed E-state index contributed by atoms with van der Waals surface area (Å²) >= 11 is 0. The molecule has 0 aliphatic heterocycles. The smallest absolute Gasteiger partial charge is 1.00 e. The summed E-state index contributed by atoms with van der Waals surface area (Å²) < 4.78 is 0. The Labute approximate surface area is 129 Å². The van der Waals surface area contributed by atoms with Gasteiger partial charge < -0.3 is 70.4 Å². The van der Waals surface area contributed by atoms with Gasteiger partial charge in [-0.05, 0) is 0 Å². The Balaban J connectivity index is -0.00000000129. The standard InChI is InChI=1S/3C2H5.Al.4ClH.Ti/c3*1-2;;;;;;/h3*1H2,2H3;;4*1H;/q3*-1;+3;;;;;+4/p-4. The maximum absolute atomic E-state index is 3.25. The molecule has 0 aromatic heterocycles. The third-order valence-electron chi connectivity index (χ3n) is 0. The summed E-state index contributed by atoms with van der Waals surface area (Å²) in [6.07, 6.45) is 0. The number of hydrogen-bond acceptors (Lipinski definition) is 0. The van der Waals surface area contributed by atoms with Gasteiger partial charge in [0.1, 0.15) is 0 Å². The maximum atomic E-state index is 3.25. The van der Waals surface area contributed by atoms with Crippen molar-refractivity contribution in [3.63, 3.8) is 0 Å². The topological polar surface area (TPSA) is 0 Å². The van der Waals surface area contributed by atoms with Gasteiger partial charge in [-0.15, -0.1) is 0 Å². The van der Waals surface area contributed by atoms with Crippen LogP contribution in [0.2, 0.25) is 0 Å². The summed E-state index contributed by atoms with van der Waals surface area (Å²) in [5.74, 6) is 0. The molecular formula is C6H15AlCl4Ti. The van der Waals surface area contributed by atoms with Crippen LogP contribution in [0.1, 0.15) is 20.8 Å². The number of hydrogen-bond donors (Lipinski definition) is 0. The van der Waals surface area contributed by atoms with Gasteiger partial charge in [0, 0.05) is 0 Å². The molecule has 0 spiro atoms. The minimum Gasteiger partial charge on any atom is -1.00 e. The molecule has 0 aromatic rings. The third kappa shape index (κ3) is 279. The van der Waals surface area contributed by atoms with E-state index in [9.17, 15) is 0 Å². The maximum Gasteiger partial charge on any atom is 4.00 e. The van der Waals surface area contributed by atoms with Crippen LogP contribution < -0.4 is 49.6 Å². The minimum absolute atomic E-state index is 0. The van der Waals surface area contributed by atoms with Crippen LogP contribution in [0.4, 0.5) is 0 Å². The van der Waals surface area contributed by atoms with Crippen LogP contribution in [0.25, 0.3) is 0 Å². The van der Waals surface area contributed by atoms with Crippen molar-refractivity contribution in [2.24, 2.45) is 0 Å². The molecule has 0 aromatic carbocycles. The van der Waals surface area contributed by atoms with Crippen LogP contribution in [0.15, 0.2) is 0 Å². The van der Waals surface area contributed by atoms with Gasteiger partial charge in [-0.2, -0.15) is 20.8 Å². The van der Waals surface area contributed by atoms with E-state index < -0.39 is 0 Å². The minimum atomic E-state index is 0. The summed E-state index contributed by atoms with van der Waals surface area (Å²) in [7, 11) is 0. The Kier molecular flexibility index (Phi) is 2630. The summed E-state index contributed by atoms with van der Waals surface area (Å²) in [6.45, 7) is 15.0. The van der Waals surface area contributed by atoms with E-state index in [2.05, 4.69) is 20.8 Å². The van der Waals surface area contributed by atoms with Crippen molar-refractivity contribution in [1.29, 1.82) is 0 Å². The fourth-order valence-corrected chi connectivity index (χ4v) is 0. The second-order valence-corrected chi connectivity index (χ2v) is 0. The van der Waals surface area contributed by atoms with Crippen molar-refractivity contribution in [2.75, 3.05) is 0 Å². The molecule has 0 radical (unpaired) electrons. The zero-order valence-corrected chi connectivity index (χ0v) is 13.5. The van der Waals surface area contributed by atoms with Gasteiger partial charge in [-0.3, -0.25) is 0 Å². The average molecular weight is 304 g/mol. The van der Waals surface area contributed by atoms with Crippen LogP contribution in [0, 0.1) is 20.8 Å². The van der Waals surface area contributed by atoms with Gasteiger partial charge in [-0.25, -0.2) is 0 Å².